The smallest absolute Gasteiger partial charge is 0.243 e. The Morgan fingerprint density at radius 1 is 1.06 bits per heavy atom. The van der Waals surface area contributed by atoms with Crippen molar-refractivity contribution in [1.82, 2.24) is 25.2 Å². The van der Waals surface area contributed by atoms with E-state index < -0.39 is 6.04 Å². The molecule has 4 aliphatic rings. The number of hydrogen-bond acceptors (Lipinski definition) is 9. The molecule has 1 saturated carbocycles. The number of aromatic nitrogens is 3. The number of hydrogen-bond donors (Lipinski definition) is 2. The van der Waals surface area contributed by atoms with E-state index in [-0.39, 0.29) is 23.7 Å². The molecule has 10 heteroatoms. The van der Waals surface area contributed by atoms with Gasteiger partial charge in [0.15, 0.2) is 5.78 Å². The van der Waals surface area contributed by atoms with Crippen molar-refractivity contribution in [2.45, 2.75) is 43.7 Å². The molecule has 2 N–H and O–H groups in total. The molecule has 3 fully saturated rings. The molecule has 5 heterocycles. The number of nitrogens with one attached hydrogen (secondary N) is 2. The van der Waals surface area contributed by atoms with Gasteiger partial charge in [-0.2, -0.15) is 4.98 Å². The Morgan fingerprint density at radius 2 is 1.85 bits per heavy atom. The highest BCUT2D eigenvalue weighted by Crippen LogP contribution is 2.44. The summed E-state index contributed by atoms with van der Waals surface area (Å²) < 4.78 is 0. The number of rotatable bonds is 3. The highest BCUT2D eigenvalue weighted by atomic mass is 16.2. The fourth-order valence-corrected chi connectivity index (χ4v) is 5.83. The molecule has 1 unspecified atom stereocenters. The van der Waals surface area contributed by atoms with Gasteiger partial charge in [0.1, 0.15) is 17.7 Å². The standard InChI is InChI=1S/C24H30N8O2/c1-30-8-10-31(11-9-30)16-4-5-20(25-13-16)28-23-26-14-17-19(33)12-18-22(34)27-15-24(6-2-3-7-24)32(18)21(17)29-23/h4-5,13-14,18H,2-3,6-12,15H2,1H3,(H,27,34)(H,25,26,28,29). The highest BCUT2D eigenvalue weighted by molar-refractivity contribution is 6.07. The minimum Gasteiger partial charge on any atom is -0.368 e. The molecule has 1 amide bonds. The molecule has 0 radical (unpaired) electrons. The molecule has 3 aliphatic heterocycles. The zero-order valence-corrected chi connectivity index (χ0v) is 19.5. The van der Waals surface area contributed by atoms with E-state index in [4.69, 9.17) is 4.98 Å². The fourth-order valence-electron chi connectivity index (χ4n) is 5.83. The van der Waals surface area contributed by atoms with Gasteiger partial charge in [0, 0.05) is 45.3 Å². The normalized spacial score (nSPS) is 24.1. The van der Waals surface area contributed by atoms with Gasteiger partial charge in [-0.05, 0) is 32.0 Å². The summed E-state index contributed by atoms with van der Waals surface area (Å²) in [6.45, 7) is 4.65. The first-order chi connectivity index (χ1) is 16.5. The summed E-state index contributed by atoms with van der Waals surface area (Å²) in [6, 6.07) is 3.48. The number of piperazine rings is 2. The van der Waals surface area contributed by atoms with Crippen LogP contribution in [0.2, 0.25) is 0 Å². The lowest BCUT2D eigenvalue weighted by molar-refractivity contribution is -0.124. The van der Waals surface area contributed by atoms with Gasteiger partial charge in [-0.1, -0.05) is 12.8 Å². The summed E-state index contributed by atoms with van der Waals surface area (Å²) in [4.78, 5) is 46.1. The van der Waals surface area contributed by atoms with E-state index in [2.05, 4.69) is 48.4 Å². The monoisotopic (exact) mass is 462 g/mol. The van der Waals surface area contributed by atoms with E-state index in [0.717, 1.165) is 57.5 Å². The van der Waals surface area contributed by atoms with Crippen LogP contribution in [0.25, 0.3) is 0 Å². The van der Waals surface area contributed by atoms with Crippen LogP contribution in [0.5, 0.6) is 0 Å². The molecule has 2 saturated heterocycles. The first-order valence-corrected chi connectivity index (χ1v) is 12.2. The topological polar surface area (TPSA) is 107 Å². The first-order valence-electron chi connectivity index (χ1n) is 12.2. The van der Waals surface area contributed by atoms with Gasteiger partial charge < -0.3 is 25.3 Å². The number of carbonyl (C=O) groups is 2. The molecule has 178 valence electrons. The van der Waals surface area contributed by atoms with Crippen LogP contribution < -0.4 is 20.4 Å². The second-order valence-electron chi connectivity index (χ2n) is 9.91. The Balaban J connectivity index is 1.27. The van der Waals surface area contributed by atoms with Crippen LogP contribution in [0.3, 0.4) is 0 Å². The van der Waals surface area contributed by atoms with Crippen molar-refractivity contribution in [1.29, 1.82) is 0 Å². The van der Waals surface area contributed by atoms with Crippen molar-refractivity contribution in [3.63, 3.8) is 0 Å². The van der Waals surface area contributed by atoms with Gasteiger partial charge in [0.25, 0.3) is 0 Å². The number of amides is 1. The first kappa shape index (κ1) is 21.3. The zero-order chi connectivity index (χ0) is 23.3. The summed E-state index contributed by atoms with van der Waals surface area (Å²) in [5.74, 6) is 1.42. The second kappa shape index (κ2) is 8.19. The largest absolute Gasteiger partial charge is 0.368 e. The maximum absolute atomic E-state index is 12.8. The average Bonchev–Trinajstić information content (AvgIpc) is 3.32. The molecule has 2 aromatic rings. The van der Waals surface area contributed by atoms with Crippen molar-refractivity contribution in [2.24, 2.45) is 0 Å². The Bertz CT molecular complexity index is 1110. The lowest BCUT2D eigenvalue weighted by Gasteiger charge is -2.51. The number of nitrogens with zero attached hydrogens (tertiary/aromatic N) is 6. The molecular weight excluding hydrogens is 432 g/mol. The van der Waals surface area contributed by atoms with E-state index in [9.17, 15) is 9.59 Å². The predicted octanol–water partition coefficient (Wildman–Crippen LogP) is 1.57. The summed E-state index contributed by atoms with van der Waals surface area (Å²) in [7, 11) is 2.14. The van der Waals surface area contributed by atoms with Crippen LogP contribution in [0, 0.1) is 0 Å². The summed E-state index contributed by atoms with van der Waals surface area (Å²) in [5, 5.41) is 6.24. The Kier molecular flexibility index (Phi) is 5.13. The Morgan fingerprint density at radius 3 is 2.59 bits per heavy atom. The van der Waals surface area contributed by atoms with Gasteiger partial charge in [-0.3, -0.25) is 9.59 Å². The van der Waals surface area contributed by atoms with E-state index in [1.165, 1.54) is 0 Å². The van der Waals surface area contributed by atoms with Gasteiger partial charge in [-0.15, -0.1) is 0 Å². The van der Waals surface area contributed by atoms with Crippen LogP contribution in [0.15, 0.2) is 24.5 Å². The number of anilines is 4. The molecule has 10 nitrogen and oxygen atoms in total. The Labute approximate surface area is 198 Å². The van der Waals surface area contributed by atoms with E-state index in [1.807, 2.05) is 12.3 Å². The van der Waals surface area contributed by atoms with Crippen LogP contribution in [0.1, 0.15) is 42.5 Å². The number of pyridine rings is 1. The average molecular weight is 463 g/mol. The van der Waals surface area contributed by atoms with Gasteiger partial charge in [-0.25, -0.2) is 9.97 Å². The molecule has 1 aliphatic carbocycles. The molecule has 2 aromatic heterocycles. The van der Waals surface area contributed by atoms with Gasteiger partial charge in [0.05, 0.1) is 23.0 Å². The predicted molar refractivity (Wildman–Crippen MR) is 129 cm³/mol. The van der Waals surface area contributed by atoms with Crippen LogP contribution in [-0.2, 0) is 4.79 Å². The molecule has 6 rings (SSSR count). The van der Waals surface area contributed by atoms with E-state index >= 15 is 0 Å². The summed E-state index contributed by atoms with van der Waals surface area (Å²) >= 11 is 0. The second-order valence-corrected chi connectivity index (χ2v) is 9.91. The maximum atomic E-state index is 12.8. The van der Waals surface area contributed by atoms with Gasteiger partial charge in [0.2, 0.25) is 11.9 Å². The molecular formula is C24H30N8O2. The molecule has 1 atom stereocenters. The number of carbonyl (C=O) groups excluding carboxylic acids is 2. The summed E-state index contributed by atoms with van der Waals surface area (Å²) in [5.41, 5.74) is 1.42. The third-order valence-corrected chi connectivity index (χ3v) is 7.78. The van der Waals surface area contributed by atoms with Crippen molar-refractivity contribution in [2.75, 3.05) is 54.9 Å². The van der Waals surface area contributed by atoms with Crippen molar-refractivity contribution in [3.05, 3.63) is 30.1 Å². The fraction of sp³-hybridized carbons (Fsp3) is 0.542. The number of ketones is 1. The van der Waals surface area contributed by atoms with Gasteiger partial charge >= 0.3 is 0 Å². The number of fused-ring (bicyclic) bond motifs is 4. The SMILES string of the molecule is CN1CCN(c2ccc(Nc3ncc4c(n3)N3C(CC4=O)C(=O)NCC34CCCC4)nc2)CC1. The molecule has 1 spiro atoms. The number of Topliss-reactive ketones (excluding diaryl/α,β-unsaturated/α-hetero) is 1. The van der Waals surface area contributed by atoms with Crippen LogP contribution >= 0.6 is 0 Å². The summed E-state index contributed by atoms with van der Waals surface area (Å²) in [6.07, 6.45) is 7.83. The molecule has 34 heavy (non-hydrogen) atoms. The molecule has 0 bridgehead atoms. The third-order valence-electron chi connectivity index (χ3n) is 7.78. The number of likely N-dealkylation sites (N-methyl/N-ethyl adjacent to an activating group) is 1. The minimum absolute atomic E-state index is 0.0809. The quantitative estimate of drug-likeness (QED) is 0.703. The molecule has 0 aromatic carbocycles. The lowest BCUT2D eigenvalue weighted by Crippen LogP contribution is -2.69. The zero-order valence-electron chi connectivity index (χ0n) is 19.5. The third kappa shape index (κ3) is 3.56. The van der Waals surface area contributed by atoms with E-state index in [0.29, 0.717) is 29.7 Å². The van der Waals surface area contributed by atoms with Crippen molar-refractivity contribution < 1.29 is 9.59 Å². The van der Waals surface area contributed by atoms with E-state index in [1.54, 1.807) is 6.20 Å². The Hall–Kier alpha value is -3.27. The van der Waals surface area contributed by atoms with Crippen molar-refractivity contribution >= 4 is 35.0 Å². The van der Waals surface area contributed by atoms with Crippen LogP contribution in [-0.4, -0.2) is 82.9 Å². The van der Waals surface area contributed by atoms with Crippen LogP contribution in [0.4, 0.5) is 23.3 Å². The highest BCUT2D eigenvalue weighted by Gasteiger charge is 2.52. The minimum atomic E-state index is -0.504. The lowest BCUT2D eigenvalue weighted by atomic mass is 9.84. The van der Waals surface area contributed by atoms with Crippen molar-refractivity contribution in [3.8, 4) is 0 Å². The maximum Gasteiger partial charge on any atom is 0.243 e.